The number of halogens is 2. The molecule has 1 unspecified atom stereocenters. The molecule has 0 spiro atoms. The van der Waals surface area contributed by atoms with Crippen LogP contribution in [0.25, 0.3) is 0 Å². The Kier molecular flexibility index (Phi) is 5.85. The van der Waals surface area contributed by atoms with Crippen molar-refractivity contribution in [1.29, 1.82) is 0 Å². The first kappa shape index (κ1) is 14.4. The number of carbonyl (C=O) groups is 2. The molecule has 0 aromatic heterocycles. The Labute approximate surface area is 117 Å². The number of Topliss-reactive ketones (excluding diaryl/α,β-unsaturated/α-hetero) is 1. The van der Waals surface area contributed by atoms with Crippen LogP contribution in [0.15, 0.2) is 24.3 Å². The number of ketones is 1. The van der Waals surface area contributed by atoms with Crippen LogP contribution in [0.1, 0.15) is 27.6 Å². The van der Waals surface area contributed by atoms with Crippen LogP contribution in [0.3, 0.4) is 0 Å². The third-order valence-electron chi connectivity index (χ3n) is 2.10. The van der Waals surface area contributed by atoms with Crippen LogP contribution >= 0.6 is 31.9 Å². The maximum absolute atomic E-state index is 11.8. The Balaban J connectivity index is 2.81. The molecule has 0 heterocycles. The lowest BCUT2D eigenvalue weighted by atomic mass is 10.1. The molecule has 0 N–H and O–H groups in total. The van der Waals surface area contributed by atoms with Crippen molar-refractivity contribution in [3.63, 3.8) is 0 Å². The van der Waals surface area contributed by atoms with Crippen molar-refractivity contribution in [3.05, 3.63) is 35.4 Å². The van der Waals surface area contributed by atoms with E-state index in [1.165, 1.54) is 0 Å². The van der Waals surface area contributed by atoms with E-state index in [4.69, 9.17) is 4.74 Å². The van der Waals surface area contributed by atoms with E-state index in [1.54, 1.807) is 31.2 Å². The molecule has 0 bridgehead atoms. The molecule has 1 atom stereocenters. The summed E-state index contributed by atoms with van der Waals surface area (Å²) in [4.78, 5) is 22.9. The molecule has 0 fully saturated rings. The molecule has 5 heteroatoms. The fourth-order valence-electron chi connectivity index (χ4n) is 1.24. The average Bonchev–Trinajstić information content (AvgIpc) is 2.37. The first-order valence-corrected chi connectivity index (χ1v) is 7.15. The van der Waals surface area contributed by atoms with Crippen molar-refractivity contribution >= 4 is 43.6 Å². The van der Waals surface area contributed by atoms with E-state index >= 15 is 0 Å². The van der Waals surface area contributed by atoms with E-state index in [0.29, 0.717) is 23.1 Å². The van der Waals surface area contributed by atoms with E-state index in [-0.39, 0.29) is 16.6 Å². The second kappa shape index (κ2) is 6.91. The maximum atomic E-state index is 11.8. The Morgan fingerprint density at radius 1 is 1.24 bits per heavy atom. The molecule has 92 valence electrons. The number of ether oxygens (including phenoxy) is 1. The van der Waals surface area contributed by atoms with E-state index < -0.39 is 0 Å². The lowest BCUT2D eigenvalue weighted by Gasteiger charge is -2.06. The molecule has 3 nitrogen and oxygen atoms in total. The molecule has 0 saturated carbocycles. The Morgan fingerprint density at radius 3 is 2.24 bits per heavy atom. The lowest BCUT2D eigenvalue weighted by Crippen LogP contribution is -2.15. The Morgan fingerprint density at radius 2 is 1.76 bits per heavy atom. The van der Waals surface area contributed by atoms with Crippen LogP contribution < -0.4 is 0 Å². The van der Waals surface area contributed by atoms with Gasteiger partial charge >= 0.3 is 5.97 Å². The largest absolute Gasteiger partial charge is 0.462 e. The van der Waals surface area contributed by atoms with Crippen LogP contribution in [0.5, 0.6) is 0 Å². The van der Waals surface area contributed by atoms with E-state index in [2.05, 4.69) is 31.9 Å². The number of hydrogen-bond donors (Lipinski definition) is 0. The van der Waals surface area contributed by atoms with Gasteiger partial charge in [-0.25, -0.2) is 4.79 Å². The molecule has 1 rings (SSSR count). The highest BCUT2D eigenvalue weighted by atomic mass is 79.9. The monoisotopic (exact) mass is 362 g/mol. The third kappa shape index (κ3) is 3.92. The topological polar surface area (TPSA) is 43.4 Å². The quantitative estimate of drug-likeness (QED) is 0.458. The third-order valence-corrected chi connectivity index (χ3v) is 4.36. The molecular formula is C12H12Br2O3. The second-order valence-corrected chi connectivity index (χ2v) is 5.04. The van der Waals surface area contributed by atoms with Crippen molar-refractivity contribution in [2.75, 3.05) is 11.9 Å². The molecule has 0 saturated heterocycles. The van der Waals surface area contributed by atoms with Gasteiger partial charge < -0.3 is 4.74 Å². The van der Waals surface area contributed by atoms with Gasteiger partial charge in [-0.15, -0.1) is 0 Å². The first-order chi connectivity index (χ1) is 8.10. The highest BCUT2D eigenvalue weighted by Gasteiger charge is 2.16. The van der Waals surface area contributed by atoms with Gasteiger partial charge in [0.15, 0.2) is 5.78 Å². The summed E-state index contributed by atoms with van der Waals surface area (Å²) in [6, 6.07) is 6.45. The van der Waals surface area contributed by atoms with E-state index in [0.717, 1.165) is 0 Å². The SMILES string of the molecule is CCOC(=O)c1ccc(C(=O)C(Br)CBr)cc1. The van der Waals surface area contributed by atoms with Crippen LogP contribution in [0, 0.1) is 0 Å². The highest BCUT2D eigenvalue weighted by molar-refractivity contribution is 9.12. The molecule has 17 heavy (non-hydrogen) atoms. The molecule has 0 aliphatic rings. The summed E-state index contributed by atoms with van der Waals surface area (Å²) < 4.78 is 4.86. The lowest BCUT2D eigenvalue weighted by molar-refractivity contribution is 0.0526. The zero-order valence-electron chi connectivity index (χ0n) is 9.28. The van der Waals surface area contributed by atoms with Gasteiger partial charge in [0, 0.05) is 10.9 Å². The summed E-state index contributed by atoms with van der Waals surface area (Å²) >= 11 is 6.49. The molecular weight excluding hydrogens is 352 g/mol. The predicted molar refractivity (Wildman–Crippen MR) is 73.2 cm³/mol. The molecule has 0 aliphatic carbocycles. The standard InChI is InChI=1S/C12H12Br2O3/c1-2-17-12(16)9-5-3-8(4-6-9)11(15)10(14)7-13/h3-6,10H,2,7H2,1H3. The van der Waals surface area contributed by atoms with Crippen LogP contribution in [0.2, 0.25) is 0 Å². The van der Waals surface area contributed by atoms with Crippen LogP contribution in [-0.4, -0.2) is 28.5 Å². The van der Waals surface area contributed by atoms with Gasteiger partial charge in [-0.2, -0.15) is 0 Å². The summed E-state index contributed by atoms with van der Waals surface area (Å²) in [6.07, 6.45) is 0. The van der Waals surface area contributed by atoms with Crippen molar-refractivity contribution in [2.24, 2.45) is 0 Å². The zero-order valence-corrected chi connectivity index (χ0v) is 12.5. The van der Waals surface area contributed by atoms with E-state index in [9.17, 15) is 9.59 Å². The molecule has 0 aliphatic heterocycles. The number of carbonyl (C=O) groups excluding carboxylic acids is 2. The van der Waals surface area contributed by atoms with Gasteiger partial charge in [0.05, 0.1) is 17.0 Å². The van der Waals surface area contributed by atoms with Gasteiger partial charge in [0.1, 0.15) is 0 Å². The van der Waals surface area contributed by atoms with Crippen molar-refractivity contribution < 1.29 is 14.3 Å². The van der Waals surface area contributed by atoms with Crippen molar-refractivity contribution in [2.45, 2.75) is 11.8 Å². The minimum atomic E-state index is -0.373. The van der Waals surface area contributed by atoms with Crippen LogP contribution in [-0.2, 0) is 4.74 Å². The normalized spacial score (nSPS) is 11.9. The smallest absolute Gasteiger partial charge is 0.338 e. The molecule has 1 aromatic rings. The number of alkyl halides is 2. The van der Waals surface area contributed by atoms with Gasteiger partial charge in [-0.1, -0.05) is 44.0 Å². The number of benzene rings is 1. The first-order valence-electron chi connectivity index (χ1n) is 5.11. The maximum Gasteiger partial charge on any atom is 0.338 e. The minimum absolute atomic E-state index is 0.0164. The number of rotatable bonds is 5. The fraction of sp³-hybridized carbons (Fsp3) is 0.333. The summed E-state index contributed by atoms with van der Waals surface area (Å²) in [6.45, 7) is 2.09. The van der Waals surface area contributed by atoms with Crippen LogP contribution in [0.4, 0.5) is 0 Å². The highest BCUT2D eigenvalue weighted by Crippen LogP contribution is 2.14. The Bertz CT molecular complexity index is 401. The van der Waals surface area contributed by atoms with Gasteiger partial charge in [0.2, 0.25) is 0 Å². The van der Waals surface area contributed by atoms with E-state index in [1.807, 2.05) is 0 Å². The van der Waals surface area contributed by atoms with Crippen molar-refractivity contribution in [1.82, 2.24) is 0 Å². The fourth-order valence-corrected chi connectivity index (χ4v) is 1.79. The average molecular weight is 364 g/mol. The summed E-state index contributed by atoms with van der Waals surface area (Å²) in [5.41, 5.74) is 1.02. The predicted octanol–water partition coefficient (Wildman–Crippen LogP) is 3.20. The second-order valence-electron chi connectivity index (χ2n) is 3.28. The minimum Gasteiger partial charge on any atom is -0.462 e. The zero-order chi connectivity index (χ0) is 12.8. The summed E-state index contributed by atoms with van der Waals surface area (Å²) in [5.74, 6) is -0.389. The number of esters is 1. The van der Waals surface area contributed by atoms with Crippen molar-refractivity contribution in [3.8, 4) is 0 Å². The van der Waals surface area contributed by atoms with Gasteiger partial charge in [-0.3, -0.25) is 4.79 Å². The summed E-state index contributed by atoms with van der Waals surface area (Å²) in [7, 11) is 0. The molecule has 0 radical (unpaired) electrons. The summed E-state index contributed by atoms with van der Waals surface area (Å²) in [5, 5.41) is 0.547. The number of hydrogen-bond acceptors (Lipinski definition) is 3. The van der Waals surface area contributed by atoms with Gasteiger partial charge in [-0.05, 0) is 19.1 Å². The Hall–Kier alpha value is -0.680. The molecule has 0 amide bonds. The molecule has 1 aromatic carbocycles. The van der Waals surface area contributed by atoms with Gasteiger partial charge in [0.25, 0.3) is 0 Å².